The fourth-order valence-electron chi connectivity index (χ4n) is 3.18. The number of hydrogen-bond donors (Lipinski definition) is 2. The molecule has 1 amide bonds. The van der Waals surface area contributed by atoms with E-state index >= 15 is 0 Å². The maximum atomic E-state index is 10.6. The van der Waals surface area contributed by atoms with E-state index in [9.17, 15) is 4.79 Å². The standard InChI is InChI=1S/C19H17Cl2NO2/c20-17-7-3-6-15(18(17)21)16-11-12(8-9-22-19(23)24)10-13-4-1-2-5-14(13)16/h1-7,10,16,22H,8-9,11H2,(H,23,24). The van der Waals surface area contributed by atoms with E-state index < -0.39 is 6.09 Å². The normalized spacial score (nSPS) is 16.2. The van der Waals surface area contributed by atoms with E-state index in [1.54, 1.807) is 6.07 Å². The Morgan fingerprint density at radius 1 is 1.12 bits per heavy atom. The monoisotopic (exact) mass is 361 g/mol. The molecule has 124 valence electrons. The molecule has 1 unspecified atom stereocenters. The van der Waals surface area contributed by atoms with E-state index in [1.165, 1.54) is 11.1 Å². The fraction of sp³-hybridized carbons (Fsp3) is 0.211. The Balaban J connectivity index is 1.94. The molecule has 2 N–H and O–H groups in total. The maximum Gasteiger partial charge on any atom is 0.404 e. The highest BCUT2D eigenvalue weighted by atomic mass is 35.5. The molecule has 0 heterocycles. The van der Waals surface area contributed by atoms with Crippen LogP contribution in [0.25, 0.3) is 6.08 Å². The van der Waals surface area contributed by atoms with Crippen molar-refractivity contribution in [3.8, 4) is 0 Å². The number of carbonyl (C=O) groups is 1. The first-order valence-electron chi connectivity index (χ1n) is 7.75. The summed E-state index contributed by atoms with van der Waals surface area (Å²) in [5.74, 6) is 0.122. The number of carboxylic acid groups (broad SMARTS) is 1. The van der Waals surface area contributed by atoms with E-state index in [4.69, 9.17) is 28.3 Å². The van der Waals surface area contributed by atoms with Gasteiger partial charge in [0, 0.05) is 12.5 Å². The lowest BCUT2D eigenvalue weighted by atomic mass is 9.78. The largest absolute Gasteiger partial charge is 0.465 e. The molecule has 5 heteroatoms. The summed E-state index contributed by atoms with van der Waals surface area (Å²) < 4.78 is 0. The van der Waals surface area contributed by atoms with Gasteiger partial charge >= 0.3 is 6.09 Å². The molecule has 0 aromatic heterocycles. The van der Waals surface area contributed by atoms with E-state index in [-0.39, 0.29) is 5.92 Å². The molecule has 0 spiro atoms. The molecular weight excluding hydrogens is 345 g/mol. The molecule has 2 aromatic carbocycles. The quantitative estimate of drug-likeness (QED) is 0.747. The highest BCUT2D eigenvalue weighted by molar-refractivity contribution is 6.42. The molecule has 0 fully saturated rings. The van der Waals surface area contributed by atoms with Gasteiger partial charge in [-0.1, -0.05) is 71.2 Å². The van der Waals surface area contributed by atoms with Gasteiger partial charge in [0.2, 0.25) is 0 Å². The lowest BCUT2D eigenvalue weighted by Crippen LogP contribution is -2.22. The molecule has 0 aliphatic heterocycles. The van der Waals surface area contributed by atoms with Gasteiger partial charge in [-0.05, 0) is 35.6 Å². The van der Waals surface area contributed by atoms with Crippen LogP contribution in [0.1, 0.15) is 35.4 Å². The third kappa shape index (κ3) is 3.58. The van der Waals surface area contributed by atoms with Crippen molar-refractivity contribution in [2.24, 2.45) is 0 Å². The topological polar surface area (TPSA) is 49.3 Å². The number of fused-ring (bicyclic) bond motifs is 1. The number of halogens is 2. The molecule has 3 nitrogen and oxygen atoms in total. The minimum atomic E-state index is -0.999. The average Bonchev–Trinajstić information content (AvgIpc) is 2.56. The van der Waals surface area contributed by atoms with Crippen molar-refractivity contribution in [1.82, 2.24) is 5.32 Å². The Kier molecular flexibility index (Phi) is 5.12. The molecule has 0 radical (unpaired) electrons. The van der Waals surface area contributed by atoms with Crippen molar-refractivity contribution in [2.75, 3.05) is 6.54 Å². The minimum absolute atomic E-state index is 0.122. The highest BCUT2D eigenvalue weighted by Crippen LogP contribution is 2.42. The zero-order valence-corrected chi connectivity index (χ0v) is 14.4. The third-order valence-corrected chi connectivity index (χ3v) is 5.11. The van der Waals surface area contributed by atoms with Gasteiger partial charge in [-0.2, -0.15) is 0 Å². The van der Waals surface area contributed by atoms with Gasteiger partial charge in [0.1, 0.15) is 0 Å². The SMILES string of the molecule is O=C(O)NCCC1=Cc2ccccc2C(c2cccc(Cl)c2Cl)C1. The second kappa shape index (κ2) is 7.29. The molecule has 24 heavy (non-hydrogen) atoms. The Labute approximate surface area is 150 Å². The zero-order valence-electron chi connectivity index (χ0n) is 12.9. The van der Waals surface area contributed by atoms with Crippen molar-refractivity contribution >= 4 is 35.4 Å². The van der Waals surface area contributed by atoms with Gasteiger partial charge in [0.05, 0.1) is 10.0 Å². The highest BCUT2D eigenvalue weighted by Gasteiger charge is 2.25. The van der Waals surface area contributed by atoms with Crippen LogP contribution in [0.4, 0.5) is 4.79 Å². The van der Waals surface area contributed by atoms with Crippen LogP contribution in [-0.2, 0) is 0 Å². The summed E-state index contributed by atoms with van der Waals surface area (Å²) in [6.45, 7) is 0.402. The Morgan fingerprint density at radius 3 is 2.67 bits per heavy atom. The lowest BCUT2D eigenvalue weighted by Gasteiger charge is -2.27. The van der Waals surface area contributed by atoms with Crippen molar-refractivity contribution in [1.29, 1.82) is 0 Å². The maximum absolute atomic E-state index is 10.6. The van der Waals surface area contributed by atoms with E-state index in [0.29, 0.717) is 23.0 Å². The summed E-state index contributed by atoms with van der Waals surface area (Å²) >= 11 is 12.6. The first-order valence-corrected chi connectivity index (χ1v) is 8.51. The lowest BCUT2D eigenvalue weighted by molar-refractivity contribution is 0.194. The second-order valence-electron chi connectivity index (χ2n) is 5.81. The summed E-state index contributed by atoms with van der Waals surface area (Å²) in [5, 5.41) is 12.3. The fourth-order valence-corrected chi connectivity index (χ4v) is 3.62. The van der Waals surface area contributed by atoms with Gasteiger partial charge in [-0.25, -0.2) is 4.79 Å². The Bertz CT molecular complexity index is 802. The molecular formula is C19H17Cl2NO2. The predicted molar refractivity (Wildman–Crippen MR) is 98.0 cm³/mol. The summed E-state index contributed by atoms with van der Waals surface area (Å²) in [7, 11) is 0. The van der Waals surface area contributed by atoms with Gasteiger partial charge in [-0.3, -0.25) is 0 Å². The molecule has 0 saturated carbocycles. The first-order chi connectivity index (χ1) is 11.6. The van der Waals surface area contributed by atoms with Crippen LogP contribution in [-0.4, -0.2) is 17.7 Å². The van der Waals surface area contributed by atoms with E-state index in [2.05, 4.69) is 23.5 Å². The average molecular weight is 362 g/mol. The van der Waals surface area contributed by atoms with Gasteiger partial charge in [0.15, 0.2) is 0 Å². The van der Waals surface area contributed by atoms with Crippen molar-refractivity contribution in [2.45, 2.75) is 18.8 Å². The number of amides is 1. The number of nitrogens with one attached hydrogen (secondary N) is 1. The van der Waals surface area contributed by atoms with Crippen LogP contribution in [0.15, 0.2) is 48.0 Å². The summed E-state index contributed by atoms with van der Waals surface area (Å²) in [4.78, 5) is 10.6. The minimum Gasteiger partial charge on any atom is -0.465 e. The Morgan fingerprint density at radius 2 is 1.88 bits per heavy atom. The van der Waals surface area contributed by atoms with Gasteiger partial charge in [0.25, 0.3) is 0 Å². The molecule has 3 rings (SSSR count). The predicted octanol–water partition coefficient (Wildman–Crippen LogP) is 5.57. The van der Waals surface area contributed by atoms with Crippen LogP contribution in [0.5, 0.6) is 0 Å². The van der Waals surface area contributed by atoms with Crippen LogP contribution in [0, 0.1) is 0 Å². The molecule has 1 atom stereocenters. The van der Waals surface area contributed by atoms with Crippen molar-refractivity contribution in [3.05, 3.63) is 74.8 Å². The van der Waals surface area contributed by atoms with E-state index in [0.717, 1.165) is 17.5 Å². The number of benzene rings is 2. The van der Waals surface area contributed by atoms with E-state index in [1.807, 2.05) is 24.3 Å². The van der Waals surface area contributed by atoms with Gasteiger partial charge < -0.3 is 10.4 Å². The first kappa shape index (κ1) is 16.9. The van der Waals surface area contributed by atoms with Crippen molar-refractivity contribution < 1.29 is 9.90 Å². The smallest absolute Gasteiger partial charge is 0.404 e. The number of rotatable bonds is 4. The number of hydrogen-bond acceptors (Lipinski definition) is 1. The summed E-state index contributed by atoms with van der Waals surface area (Å²) in [6.07, 6.45) is 2.63. The summed E-state index contributed by atoms with van der Waals surface area (Å²) in [6, 6.07) is 13.9. The molecule has 1 aliphatic carbocycles. The van der Waals surface area contributed by atoms with Gasteiger partial charge in [-0.15, -0.1) is 0 Å². The van der Waals surface area contributed by atoms with Crippen LogP contribution >= 0.6 is 23.2 Å². The molecule has 1 aliphatic rings. The second-order valence-corrected chi connectivity index (χ2v) is 6.60. The zero-order chi connectivity index (χ0) is 17.1. The molecule has 0 saturated heterocycles. The molecule has 2 aromatic rings. The van der Waals surface area contributed by atoms with Crippen LogP contribution < -0.4 is 5.32 Å². The van der Waals surface area contributed by atoms with Crippen molar-refractivity contribution in [3.63, 3.8) is 0 Å². The Hall–Kier alpha value is -1.97. The van der Waals surface area contributed by atoms with Crippen LogP contribution in [0.3, 0.4) is 0 Å². The third-order valence-electron chi connectivity index (χ3n) is 4.28. The summed E-state index contributed by atoms with van der Waals surface area (Å²) in [5.41, 5.74) is 4.57. The van der Waals surface area contributed by atoms with Crippen LogP contribution in [0.2, 0.25) is 10.0 Å². The molecule has 0 bridgehead atoms.